The molecule has 1 aliphatic heterocycles. The zero-order chi connectivity index (χ0) is 13.1. The van der Waals surface area contributed by atoms with Crippen LogP contribution in [0, 0.1) is 0 Å². The summed E-state index contributed by atoms with van der Waals surface area (Å²) in [7, 11) is 0. The molecule has 0 radical (unpaired) electrons. The highest BCUT2D eigenvalue weighted by Crippen LogP contribution is 2.28. The molecule has 1 aromatic carbocycles. The normalized spacial score (nSPS) is 21.4. The van der Waals surface area contributed by atoms with Gasteiger partial charge in [0.2, 0.25) is 5.91 Å². The lowest BCUT2D eigenvalue weighted by atomic mass is 10.0. The van der Waals surface area contributed by atoms with Crippen LogP contribution in [0.3, 0.4) is 0 Å². The fourth-order valence-corrected chi connectivity index (χ4v) is 2.22. The van der Waals surface area contributed by atoms with E-state index >= 15 is 0 Å². The van der Waals surface area contributed by atoms with Crippen molar-refractivity contribution in [1.82, 2.24) is 10.6 Å². The Hall–Kier alpha value is -1.75. The minimum Gasteiger partial charge on any atom is -0.508 e. The number of amides is 1. The van der Waals surface area contributed by atoms with Gasteiger partial charge >= 0.3 is 0 Å². The van der Waals surface area contributed by atoms with Gasteiger partial charge in [0.1, 0.15) is 11.5 Å². The minimum absolute atomic E-state index is 0.00590. The van der Waals surface area contributed by atoms with Crippen molar-refractivity contribution in [2.45, 2.75) is 31.8 Å². The van der Waals surface area contributed by atoms with E-state index in [4.69, 9.17) is 0 Å². The average Bonchev–Trinajstić information content (AvgIpc) is 2.32. The maximum absolute atomic E-state index is 11.6. The van der Waals surface area contributed by atoms with Crippen molar-refractivity contribution < 1.29 is 15.0 Å². The Balaban J connectivity index is 2.06. The van der Waals surface area contributed by atoms with Crippen LogP contribution in [0.25, 0.3) is 0 Å². The summed E-state index contributed by atoms with van der Waals surface area (Å²) in [5, 5.41) is 25.0. The third-order valence-corrected chi connectivity index (χ3v) is 3.22. The first-order valence-electron chi connectivity index (χ1n) is 6.13. The number of aromatic hydroxyl groups is 2. The second-order valence-corrected chi connectivity index (χ2v) is 4.62. The Kier molecular flexibility index (Phi) is 3.72. The zero-order valence-electron chi connectivity index (χ0n) is 10.3. The number of nitrogens with one attached hydrogen (secondary N) is 2. The summed E-state index contributed by atoms with van der Waals surface area (Å²) < 4.78 is 0. The molecule has 5 heteroatoms. The van der Waals surface area contributed by atoms with Crippen molar-refractivity contribution in [3.8, 4) is 11.5 Å². The summed E-state index contributed by atoms with van der Waals surface area (Å²) in [5.41, 5.74) is 0.672. The van der Waals surface area contributed by atoms with Crippen molar-refractivity contribution in [3.63, 3.8) is 0 Å². The largest absolute Gasteiger partial charge is 0.508 e. The molecular formula is C13H18N2O3. The quantitative estimate of drug-likeness (QED) is 0.646. The molecule has 0 aromatic heterocycles. The van der Waals surface area contributed by atoms with Crippen LogP contribution in [0.2, 0.25) is 0 Å². The monoisotopic (exact) mass is 250 g/mol. The van der Waals surface area contributed by atoms with Gasteiger partial charge in [-0.05, 0) is 25.8 Å². The van der Waals surface area contributed by atoms with Crippen molar-refractivity contribution in [1.29, 1.82) is 0 Å². The maximum atomic E-state index is 11.6. The van der Waals surface area contributed by atoms with Crippen molar-refractivity contribution in [2.75, 3.05) is 6.54 Å². The molecule has 1 amide bonds. The van der Waals surface area contributed by atoms with E-state index < -0.39 is 0 Å². The Morgan fingerprint density at radius 2 is 2.22 bits per heavy atom. The van der Waals surface area contributed by atoms with Gasteiger partial charge in [-0.15, -0.1) is 0 Å². The SMILES string of the molecule is CC(NC1CCCNC1=O)c1ccc(O)cc1O. The lowest BCUT2D eigenvalue weighted by molar-refractivity contribution is -0.124. The van der Waals surface area contributed by atoms with Gasteiger partial charge in [0, 0.05) is 24.2 Å². The molecule has 0 spiro atoms. The number of hydrogen-bond acceptors (Lipinski definition) is 4. The highest BCUT2D eigenvalue weighted by Gasteiger charge is 2.24. The third kappa shape index (κ3) is 2.73. The van der Waals surface area contributed by atoms with E-state index in [-0.39, 0.29) is 29.5 Å². The van der Waals surface area contributed by atoms with Crippen LogP contribution >= 0.6 is 0 Å². The van der Waals surface area contributed by atoms with Crippen LogP contribution in [-0.4, -0.2) is 28.7 Å². The molecule has 0 bridgehead atoms. The predicted molar refractivity (Wildman–Crippen MR) is 67.4 cm³/mol. The number of rotatable bonds is 3. The Bertz CT molecular complexity index is 448. The molecule has 1 saturated heterocycles. The van der Waals surface area contributed by atoms with Crippen molar-refractivity contribution >= 4 is 5.91 Å². The summed E-state index contributed by atoms with van der Waals surface area (Å²) in [5.74, 6) is 0.0662. The smallest absolute Gasteiger partial charge is 0.237 e. The van der Waals surface area contributed by atoms with Gasteiger partial charge in [-0.3, -0.25) is 10.1 Å². The highest BCUT2D eigenvalue weighted by atomic mass is 16.3. The zero-order valence-corrected chi connectivity index (χ0v) is 10.3. The lowest BCUT2D eigenvalue weighted by Gasteiger charge is -2.26. The molecule has 0 aliphatic carbocycles. The Morgan fingerprint density at radius 3 is 2.89 bits per heavy atom. The van der Waals surface area contributed by atoms with Gasteiger partial charge in [0.15, 0.2) is 0 Å². The van der Waals surface area contributed by atoms with E-state index in [9.17, 15) is 15.0 Å². The predicted octanol–water partition coefficient (Wildman–Crippen LogP) is 1.03. The van der Waals surface area contributed by atoms with Gasteiger partial charge in [-0.2, -0.15) is 0 Å². The van der Waals surface area contributed by atoms with Crippen LogP contribution < -0.4 is 10.6 Å². The molecule has 4 N–H and O–H groups in total. The van der Waals surface area contributed by atoms with E-state index in [2.05, 4.69) is 10.6 Å². The van der Waals surface area contributed by atoms with E-state index in [1.54, 1.807) is 6.07 Å². The summed E-state index contributed by atoms with van der Waals surface area (Å²) in [6.45, 7) is 2.61. The fourth-order valence-electron chi connectivity index (χ4n) is 2.22. The average molecular weight is 250 g/mol. The van der Waals surface area contributed by atoms with Gasteiger partial charge < -0.3 is 15.5 Å². The Morgan fingerprint density at radius 1 is 1.44 bits per heavy atom. The standard InChI is InChI=1S/C13H18N2O3/c1-8(10-5-4-9(16)7-12(10)17)15-11-3-2-6-14-13(11)18/h4-5,7-8,11,15-17H,2-3,6H2,1H3,(H,14,18). The topological polar surface area (TPSA) is 81.6 Å². The molecule has 0 saturated carbocycles. The highest BCUT2D eigenvalue weighted by molar-refractivity contribution is 5.82. The van der Waals surface area contributed by atoms with E-state index in [1.165, 1.54) is 12.1 Å². The van der Waals surface area contributed by atoms with Crippen molar-refractivity contribution in [3.05, 3.63) is 23.8 Å². The van der Waals surface area contributed by atoms with Crippen LogP contribution in [0.1, 0.15) is 31.4 Å². The second kappa shape index (κ2) is 5.27. The van der Waals surface area contributed by atoms with E-state index in [0.29, 0.717) is 5.56 Å². The molecule has 2 atom stereocenters. The van der Waals surface area contributed by atoms with Crippen LogP contribution in [0.5, 0.6) is 11.5 Å². The van der Waals surface area contributed by atoms with Crippen LogP contribution in [0.4, 0.5) is 0 Å². The van der Waals surface area contributed by atoms with E-state index in [0.717, 1.165) is 19.4 Å². The molecule has 18 heavy (non-hydrogen) atoms. The van der Waals surface area contributed by atoms with Crippen LogP contribution in [0.15, 0.2) is 18.2 Å². The summed E-state index contributed by atoms with van der Waals surface area (Å²) in [6.07, 6.45) is 1.76. The molecule has 1 fully saturated rings. The number of phenolic OH excluding ortho intramolecular Hbond substituents is 2. The number of hydrogen-bond donors (Lipinski definition) is 4. The molecule has 1 heterocycles. The first kappa shape index (κ1) is 12.7. The maximum Gasteiger partial charge on any atom is 0.237 e. The number of benzene rings is 1. The summed E-state index contributed by atoms with van der Waals surface area (Å²) in [4.78, 5) is 11.6. The Labute approximate surface area is 106 Å². The summed E-state index contributed by atoms with van der Waals surface area (Å²) in [6, 6.07) is 4.10. The number of carbonyl (C=O) groups excluding carboxylic acids is 1. The molecule has 2 rings (SSSR count). The molecule has 1 aliphatic rings. The molecule has 2 unspecified atom stereocenters. The molecular weight excluding hydrogens is 232 g/mol. The fraction of sp³-hybridized carbons (Fsp3) is 0.462. The number of phenols is 2. The number of carbonyl (C=O) groups is 1. The first-order chi connectivity index (χ1) is 8.58. The minimum atomic E-state index is -0.220. The third-order valence-electron chi connectivity index (χ3n) is 3.22. The molecule has 5 nitrogen and oxygen atoms in total. The molecule has 1 aromatic rings. The van der Waals surface area contributed by atoms with Gasteiger partial charge in [-0.1, -0.05) is 6.07 Å². The second-order valence-electron chi connectivity index (χ2n) is 4.62. The number of piperidine rings is 1. The van der Waals surface area contributed by atoms with Gasteiger partial charge in [0.05, 0.1) is 6.04 Å². The van der Waals surface area contributed by atoms with Crippen LogP contribution in [-0.2, 0) is 4.79 Å². The van der Waals surface area contributed by atoms with Gasteiger partial charge in [0.25, 0.3) is 0 Å². The van der Waals surface area contributed by atoms with Crippen molar-refractivity contribution in [2.24, 2.45) is 0 Å². The van der Waals surface area contributed by atoms with Gasteiger partial charge in [-0.25, -0.2) is 0 Å². The van der Waals surface area contributed by atoms with E-state index in [1.807, 2.05) is 6.92 Å². The first-order valence-corrected chi connectivity index (χ1v) is 6.13. The lowest BCUT2D eigenvalue weighted by Crippen LogP contribution is -2.48. The summed E-state index contributed by atoms with van der Waals surface area (Å²) >= 11 is 0. The molecule has 98 valence electrons.